The van der Waals surface area contributed by atoms with E-state index < -0.39 is 12.1 Å². The van der Waals surface area contributed by atoms with Gasteiger partial charge in [0, 0.05) is 0 Å². The number of halogens is 1. The second-order valence-electron chi connectivity index (χ2n) is 4.43. The van der Waals surface area contributed by atoms with E-state index in [-0.39, 0.29) is 22.4 Å². The van der Waals surface area contributed by atoms with Gasteiger partial charge in [-0.1, -0.05) is 24.1 Å². The van der Waals surface area contributed by atoms with E-state index >= 15 is 0 Å². The van der Waals surface area contributed by atoms with Crippen LogP contribution in [-0.4, -0.2) is 28.4 Å². The minimum atomic E-state index is -1.12. The van der Waals surface area contributed by atoms with E-state index in [1.807, 2.05) is 0 Å². The monoisotopic (exact) mass is 270 g/mol. The Hall–Kier alpha value is -1.26. The zero-order valence-corrected chi connectivity index (χ0v) is 10.6. The maximum atomic E-state index is 11.1. The van der Waals surface area contributed by atoms with E-state index in [0.29, 0.717) is 6.42 Å². The number of hydrogen-bond acceptors (Lipinski definition) is 3. The van der Waals surface area contributed by atoms with E-state index in [2.05, 4.69) is 0 Å². The van der Waals surface area contributed by atoms with Gasteiger partial charge in [0.1, 0.15) is 17.4 Å². The van der Waals surface area contributed by atoms with Crippen LogP contribution in [-0.2, 0) is 0 Å². The van der Waals surface area contributed by atoms with Crippen molar-refractivity contribution in [2.45, 2.75) is 37.9 Å². The van der Waals surface area contributed by atoms with Crippen molar-refractivity contribution in [3.8, 4) is 5.75 Å². The lowest BCUT2D eigenvalue weighted by atomic mass is 9.95. The van der Waals surface area contributed by atoms with Gasteiger partial charge in [-0.15, -0.1) is 0 Å². The largest absolute Gasteiger partial charge is 0.487 e. The molecule has 2 unspecified atom stereocenters. The number of aromatic carboxylic acids is 1. The molecule has 0 amide bonds. The number of rotatable bonds is 3. The van der Waals surface area contributed by atoms with Crippen LogP contribution in [0.15, 0.2) is 18.2 Å². The molecule has 0 saturated heterocycles. The highest BCUT2D eigenvalue weighted by molar-refractivity contribution is 6.33. The van der Waals surface area contributed by atoms with Gasteiger partial charge in [0.25, 0.3) is 0 Å². The van der Waals surface area contributed by atoms with Gasteiger partial charge in [0.05, 0.1) is 11.1 Å². The fourth-order valence-corrected chi connectivity index (χ4v) is 2.43. The maximum absolute atomic E-state index is 11.1. The van der Waals surface area contributed by atoms with E-state index in [4.69, 9.17) is 21.4 Å². The van der Waals surface area contributed by atoms with E-state index in [0.717, 1.165) is 19.3 Å². The highest BCUT2D eigenvalue weighted by atomic mass is 35.5. The van der Waals surface area contributed by atoms with Crippen LogP contribution in [0.2, 0.25) is 5.02 Å². The van der Waals surface area contributed by atoms with Gasteiger partial charge in [0.2, 0.25) is 0 Å². The summed E-state index contributed by atoms with van der Waals surface area (Å²) < 4.78 is 5.63. The van der Waals surface area contributed by atoms with Crippen molar-refractivity contribution in [3.63, 3.8) is 0 Å². The summed E-state index contributed by atoms with van der Waals surface area (Å²) in [6, 6.07) is 4.71. The SMILES string of the molecule is O=C(O)c1c(Cl)cccc1OC1CCCCC1O. The minimum Gasteiger partial charge on any atom is -0.487 e. The highest BCUT2D eigenvalue weighted by Gasteiger charge is 2.26. The van der Waals surface area contributed by atoms with E-state index in [1.165, 1.54) is 6.07 Å². The third-order valence-corrected chi connectivity index (χ3v) is 3.45. The van der Waals surface area contributed by atoms with Crippen molar-refractivity contribution in [2.75, 3.05) is 0 Å². The number of carboxylic acids is 1. The molecule has 0 radical (unpaired) electrons. The molecule has 0 heterocycles. The summed E-state index contributed by atoms with van der Waals surface area (Å²) in [5, 5.41) is 19.1. The fraction of sp³-hybridized carbons (Fsp3) is 0.462. The molecule has 18 heavy (non-hydrogen) atoms. The first-order valence-electron chi connectivity index (χ1n) is 5.96. The Labute approximate surface area is 110 Å². The number of benzene rings is 1. The Morgan fingerprint density at radius 3 is 2.72 bits per heavy atom. The standard InChI is InChI=1S/C13H15ClO4/c14-8-4-3-7-11(12(8)13(16)17)18-10-6-2-1-5-9(10)15/h3-4,7,9-10,15H,1-2,5-6H2,(H,16,17). The van der Waals surface area contributed by atoms with Crippen molar-refractivity contribution in [2.24, 2.45) is 0 Å². The van der Waals surface area contributed by atoms with Crippen LogP contribution in [0.25, 0.3) is 0 Å². The first kappa shape index (κ1) is 13.2. The molecule has 0 spiro atoms. The van der Waals surface area contributed by atoms with Gasteiger partial charge in [0.15, 0.2) is 0 Å². The summed E-state index contributed by atoms with van der Waals surface area (Å²) in [6.45, 7) is 0. The lowest BCUT2D eigenvalue weighted by Gasteiger charge is -2.28. The van der Waals surface area contributed by atoms with Crippen LogP contribution >= 0.6 is 11.6 Å². The van der Waals surface area contributed by atoms with Crippen molar-refractivity contribution >= 4 is 17.6 Å². The quantitative estimate of drug-likeness (QED) is 0.886. The molecular weight excluding hydrogens is 256 g/mol. The van der Waals surface area contributed by atoms with Crippen molar-refractivity contribution in [3.05, 3.63) is 28.8 Å². The molecule has 2 atom stereocenters. The van der Waals surface area contributed by atoms with Crippen molar-refractivity contribution < 1.29 is 19.7 Å². The molecule has 0 bridgehead atoms. The van der Waals surface area contributed by atoms with E-state index in [1.54, 1.807) is 12.1 Å². The number of aliphatic hydroxyl groups is 1. The minimum absolute atomic E-state index is 0.0445. The fourth-order valence-electron chi connectivity index (χ4n) is 2.19. The smallest absolute Gasteiger partial charge is 0.341 e. The van der Waals surface area contributed by atoms with Crippen LogP contribution in [0.5, 0.6) is 5.75 Å². The predicted molar refractivity (Wildman–Crippen MR) is 67.3 cm³/mol. The van der Waals surface area contributed by atoms with Gasteiger partial charge >= 0.3 is 5.97 Å². The first-order valence-corrected chi connectivity index (χ1v) is 6.34. The molecule has 1 aliphatic rings. The Balaban J connectivity index is 2.23. The number of carbonyl (C=O) groups is 1. The second-order valence-corrected chi connectivity index (χ2v) is 4.83. The van der Waals surface area contributed by atoms with Crippen LogP contribution in [0.3, 0.4) is 0 Å². The molecular formula is C13H15ClO4. The van der Waals surface area contributed by atoms with Crippen LogP contribution in [0.4, 0.5) is 0 Å². The molecule has 0 aromatic heterocycles. The summed E-state index contributed by atoms with van der Waals surface area (Å²) in [5.41, 5.74) is -0.0445. The van der Waals surface area contributed by atoms with Gasteiger partial charge < -0.3 is 14.9 Å². The van der Waals surface area contributed by atoms with Crippen molar-refractivity contribution in [1.82, 2.24) is 0 Å². The predicted octanol–water partition coefficient (Wildman–Crippen LogP) is 2.72. The normalized spacial score (nSPS) is 23.7. The molecule has 5 heteroatoms. The van der Waals surface area contributed by atoms with E-state index in [9.17, 15) is 9.90 Å². The molecule has 4 nitrogen and oxygen atoms in total. The zero-order valence-electron chi connectivity index (χ0n) is 9.80. The summed E-state index contributed by atoms with van der Waals surface area (Å²) in [4.78, 5) is 11.1. The molecule has 1 fully saturated rings. The molecule has 2 N–H and O–H groups in total. The molecule has 2 rings (SSSR count). The van der Waals surface area contributed by atoms with Crippen LogP contribution in [0, 0.1) is 0 Å². The average molecular weight is 271 g/mol. The van der Waals surface area contributed by atoms with Gasteiger partial charge in [-0.25, -0.2) is 4.79 Å². The summed E-state index contributed by atoms with van der Waals surface area (Å²) in [7, 11) is 0. The molecule has 0 aliphatic heterocycles. The molecule has 1 aliphatic carbocycles. The zero-order chi connectivity index (χ0) is 13.1. The number of carboxylic acid groups (broad SMARTS) is 1. The lowest BCUT2D eigenvalue weighted by Crippen LogP contribution is -2.35. The summed E-state index contributed by atoms with van der Waals surface area (Å²) in [5.74, 6) is -0.901. The van der Waals surface area contributed by atoms with Crippen LogP contribution < -0.4 is 4.74 Å². The Morgan fingerprint density at radius 1 is 1.33 bits per heavy atom. The Bertz CT molecular complexity index is 447. The topological polar surface area (TPSA) is 66.8 Å². The first-order chi connectivity index (χ1) is 8.59. The van der Waals surface area contributed by atoms with Gasteiger partial charge in [-0.3, -0.25) is 0 Å². The van der Waals surface area contributed by atoms with Crippen LogP contribution in [0.1, 0.15) is 36.0 Å². The molecule has 1 aromatic rings. The van der Waals surface area contributed by atoms with Gasteiger partial charge in [-0.05, 0) is 31.4 Å². The number of aliphatic hydroxyl groups excluding tert-OH is 1. The lowest BCUT2D eigenvalue weighted by molar-refractivity contribution is 0.00606. The Kier molecular flexibility index (Phi) is 4.09. The number of ether oxygens (including phenoxy) is 1. The summed E-state index contributed by atoms with van der Waals surface area (Å²) >= 11 is 5.86. The molecule has 1 aromatic carbocycles. The third-order valence-electron chi connectivity index (χ3n) is 3.14. The molecule has 98 valence electrons. The maximum Gasteiger partial charge on any atom is 0.341 e. The van der Waals surface area contributed by atoms with Gasteiger partial charge in [-0.2, -0.15) is 0 Å². The third kappa shape index (κ3) is 2.76. The second kappa shape index (κ2) is 5.59. The average Bonchev–Trinajstić information content (AvgIpc) is 2.31. The number of hydrogen-bond donors (Lipinski definition) is 2. The Morgan fingerprint density at radius 2 is 2.06 bits per heavy atom. The van der Waals surface area contributed by atoms with Crippen molar-refractivity contribution in [1.29, 1.82) is 0 Å². The highest BCUT2D eigenvalue weighted by Crippen LogP contribution is 2.30. The molecule has 1 saturated carbocycles. The summed E-state index contributed by atoms with van der Waals surface area (Å²) in [6.07, 6.45) is 2.47.